The molecular formula is C30H35ClN2O4. The molecular weight excluding hydrogens is 488 g/mol. The predicted octanol–water partition coefficient (Wildman–Crippen LogP) is 5.45. The molecule has 1 N–H and O–H groups in total. The molecule has 0 heterocycles. The van der Waals surface area contributed by atoms with Crippen LogP contribution in [-0.2, 0) is 22.6 Å². The lowest BCUT2D eigenvalue weighted by molar-refractivity contribution is -0.142. The van der Waals surface area contributed by atoms with Gasteiger partial charge in [0, 0.05) is 24.5 Å². The molecule has 0 aromatic heterocycles. The number of nitrogens with zero attached hydrogens (tertiary/aromatic N) is 1. The molecule has 0 radical (unpaired) electrons. The minimum Gasteiger partial charge on any atom is -0.497 e. The van der Waals surface area contributed by atoms with E-state index in [0.29, 0.717) is 29.5 Å². The molecule has 0 aliphatic carbocycles. The van der Waals surface area contributed by atoms with E-state index in [1.54, 1.807) is 30.2 Å². The maximum Gasteiger partial charge on any atom is 0.261 e. The zero-order chi connectivity index (χ0) is 26.8. The second-order valence-corrected chi connectivity index (χ2v) is 9.82. The number of methoxy groups -OCH3 is 1. The first kappa shape index (κ1) is 28.1. The van der Waals surface area contributed by atoms with Gasteiger partial charge in [-0.3, -0.25) is 9.59 Å². The van der Waals surface area contributed by atoms with E-state index in [-0.39, 0.29) is 30.9 Å². The summed E-state index contributed by atoms with van der Waals surface area (Å²) in [7, 11) is 1.60. The summed E-state index contributed by atoms with van der Waals surface area (Å²) in [6.45, 7) is 6.48. The first-order valence-electron chi connectivity index (χ1n) is 12.4. The Kier molecular flexibility index (Phi) is 10.4. The summed E-state index contributed by atoms with van der Waals surface area (Å²) in [5, 5.41) is 3.65. The molecule has 196 valence electrons. The van der Waals surface area contributed by atoms with Crippen molar-refractivity contribution in [3.63, 3.8) is 0 Å². The number of carbonyl (C=O) groups excluding carboxylic acids is 2. The number of hydrogen-bond acceptors (Lipinski definition) is 4. The third-order valence-corrected chi connectivity index (χ3v) is 6.36. The van der Waals surface area contributed by atoms with Crippen LogP contribution in [0.5, 0.6) is 11.5 Å². The van der Waals surface area contributed by atoms with Gasteiger partial charge in [0.25, 0.3) is 5.91 Å². The van der Waals surface area contributed by atoms with Gasteiger partial charge < -0.3 is 19.7 Å². The van der Waals surface area contributed by atoms with Crippen LogP contribution in [0.3, 0.4) is 0 Å². The minimum absolute atomic E-state index is 0.198. The highest BCUT2D eigenvalue weighted by Crippen LogP contribution is 2.22. The first-order chi connectivity index (χ1) is 17.8. The molecule has 2 amide bonds. The van der Waals surface area contributed by atoms with Gasteiger partial charge in [0.1, 0.15) is 17.5 Å². The van der Waals surface area contributed by atoms with Crippen molar-refractivity contribution >= 4 is 23.4 Å². The van der Waals surface area contributed by atoms with Gasteiger partial charge in [-0.25, -0.2) is 0 Å². The number of ether oxygens (including phenoxy) is 2. The van der Waals surface area contributed by atoms with Crippen LogP contribution in [-0.4, -0.2) is 43.0 Å². The normalized spacial score (nSPS) is 11.6. The molecule has 0 fully saturated rings. The van der Waals surface area contributed by atoms with Gasteiger partial charge in [-0.2, -0.15) is 0 Å². The number of amides is 2. The Morgan fingerprint density at radius 1 is 0.946 bits per heavy atom. The SMILES string of the molecule is COc1cccc(CN(C(=O)COc2ccc(Cl)c(C)c2)[C@H](Cc2ccccc2)C(=O)NCC(C)C)c1. The van der Waals surface area contributed by atoms with Gasteiger partial charge in [0.05, 0.1) is 7.11 Å². The van der Waals surface area contributed by atoms with Crippen molar-refractivity contribution < 1.29 is 19.1 Å². The van der Waals surface area contributed by atoms with Crippen molar-refractivity contribution in [2.24, 2.45) is 5.92 Å². The molecule has 0 unspecified atom stereocenters. The van der Waals surface area contributed by atoms with Crippen LogP contribution >= 0.6 is 11.6 Å². The van der Waals surface area contributed by atoms with Crippen LogP contribution in [0.2, 0.25) is 5.02 Å². The molecule has 0 saturated carbocycles. The van der Waals surface area contributed by atoms with E-state index in [0.717, 1.165) is 16.7 Å². The van der Waals surface area contributed by atoms with Crippen LogP contribution in [0.15, 0.2) is 72.8 Å². The van der Waals surface area contributed by atoms with Crippen molar-refractivity contribution in [3.05, 3.63) is 94.5 Å². The van der Waals surface area contributed by atoms with Gasteiger partial charge in [0.2, 0.25) is 5.91 Å². The van der Waals surface area contributed by atoms with Gasteiger partial charge >= 0.3 is 0 Å². The average Bonchev–Trinajstić information content (AvgIpc) is 2.90. The summed E-state index contributed by atoms with van der Waals surface area (Å²) in [5.41, 5.74) is 2.67. The van der Waals surface area contributed by atoms with E-state index < -0.39 is 6.04 Å². The quantitative estimate of drug-likeness (QED) is 0.343. The fourth-order valence-corrected chi connectivity index (χ4v) is 4.00. The average molecular weight is 523 g/mol. The fourth-order valence-electron chi connectivity index (χ4n) is 3.88. The molecule has 3 aromatic carbocycles. The number of rotatable bonds is 12. The summed E-state index contributed by atoms with van der Waals surface area (Å²) < 4.78 is 11.2. The van der Waals surface area contributed by atoms with Gasteiger partial charge in [-0.1, -0.05) is 67.9 Å². The maximum atomic E-state index is 13.7. The monoisotopic (exact) mass is 522 g/mol. The van der Waals surface area contributed by atoms with Crippen LogP contribution in [0.25, 0.3) is 0 Å². The molecule has 6 nitrogen and oxygen atoms in total. The maximum absolute atomic E-state index is 13.7. The van der Waals surface area contributed by atoms with Gasteiger partial charge in [0.15, 0.2) is 6.61 Å². The topological polar surface area (TPSA) is 67.9 Å². The number of carbonyl (C=O) groups is 2. The highest BCUT2D eigenvalue weighted by atomic mass is 35.5. The Bertz CT molecular complexity index is 1180. The smallest absolute Gasteiger partial charge is 0.261 e. The molecule has 37 heavy (non-hydrogen) atoms. The highest BCUT2D eigenvalue weighted by molar-refractivity contribution is 6.31. The van der Waals surface area contributed by atoms with Gasteiger partial charge in [-0.15, -0.1) is 0 Å². The molecule has 3 aromatic rings. The number of benzene rings is 3. The standard InChI is InChI=1S/C30H35ClN2O4/c1-21(2)18-32-30(35)28(17-23-9-6-5-7-10-23)33(19-24-11-8-12-25(16-24)36-4)29(34)20-37-26-13-14-27(31)22(3)15-26/h5-16,21,28H,17-20H2,1-4H3,(H,32,35)/t28-/m1/s1. The van der Waals surface area contributed by atoms with Crippen molar-refractivity contribution in [1.82, 2.24) is 10.2 Å². The first-order valence-corrected chi connectivity index (χ1v) is 12.8. The summed E-state index contributed by atoms with van der Waals surface area (Å²) >= 11 is 6.13. The lowest BCUT2D eigenvalue weighted by Crippen LogP contribution is -2.52. The van der Waals surface area contributed by atoms with E-state index in [9.17, 15) is 9.59 Å². The molecule has 7 heteroatoms. The van der Waals surface area contributed by atoms with Crippen LogP contribution in [0.4, 0.5) is 0 Å². The Hall–Kier alpha value is -3.51. The Balaban J connectivity index is 1.91. The minimum atomic E-state index is -0.726. The summed E-state index contributed by atoms with van der Waals surface area (Å²) in [5.74, 6) is 1.01. The summed E-state index contributed by atoms with van der Waals surface area (Å²) in [6.07, 6.45) is 0.376. The highest BCUT2D eigenvalue weighted by Gasteiger charge is 2.31. The fraction of sp³-hybridized carbons (Fsp3) is 0.333. The van der Waals surface area contributed by atoms with Crippen molar-refractivity contribution in [1.29, 1.82) is 0 Å². The zero-order valence-electron chi connectivity index (χ0n) is 21.9. The van der Waals surface area contributed by atoms with Crippen molar-refractivity contribution in [2.75, 3.05) is 20.3 Å². The number of halogens is 1. The van der Waals surface area contributed by atoms with E-state index in [1.165, 1.54) is 0 Å². The van der Waals surface area contributed by atoms with E-state index in [4.69, 9.17) is 21.1 Å². The summed E-state index contributed by atoms with van der Waals surface area (Å²) in [6, 6.07) is 21.7. The lowest BCUT2D eigenvalue weighted by Gasteiger charge is -2.31. The number of nitrogens with one attached hydrogen (secondary N) is 1. The molecule has 1 atom stereocenters. The molecule has 0 saturated heterocycles. The largest absolute Gasteiger partial charge is 0.497 e. The third kappa shape index (κ3) is 8.53. The van der Waals surface area contributed by atoms with Crippen molar-refractivity contribution in [2.45, 2.75) is 39.8 Å². The molecule has 0 aliphatic heterocycles. The van der Waals surface area contributed by atoms with Crippen molar-refractivity contribution in [3.8, 4) is 11.5 Å². The number of aryl methyl sites for hydroxylation is 1. The van der Waals surface area contributed by atoms with Crippen LogP contribution < -0.4 is 14.8 Å². The lowest BCUT2D eigenvalue weighted by atomic mass is 10.0. The third-order valence-electron chi connectivity index (χ3n) is 5.93. The molecule has 0 aliphatic rings. The second kappa shape index (κ2) is 13.7. The number of hydrogen-bond donors (Lipinski definition) is 1. The molecule has 0 bridgehead atoms. The Morgan fingerprint density at radius 3 is 2.35 bits per heavy atom. The van der Waals surface area contributed by atoms with Gasteiger partial charge in [-0.05, 0) is 59.9 Å². The van der Waals surface area contributed by atoms with E-state index in [1.807, 2.05) is 75.4 Å². The van der Waals surface area contributed by atoms with E-state index in [2.05, 4.69) is 5.32 Å². The predicted molar refractivity (Wildman–Crippen MR) is 147 cm³/mol. The second-order valence-electron chi connectivity index (χ2n) is 9.42. The Morgan fingerprint density at radius 2 is 1.68 bits per heavy atom. The van der Waals surface area contributed by atoms with E-state index >= 15 is 0 Å². The van der Waals surface area contributed by atoms with Crippen LogP contribution in [0.1, 0.15) is 30.5 Å². The molecule has 0 spiro atoms. The molecule has 3 rings (SSSR count). The zero-order valence-corrected chi connectivity index (χ0v) is 22.6. The summed E-state index contributed by atoms with van der Waals surface area (Å²) in [4.78, 5) is 28.7. The Labute approximate surface area is 224 Å². The van der Waals surface area contributed by atoms with Crippen LogP contribution in [0, 0.1) is 12.8 Å².